The van der Waals surface area contributed by atoms with Gasteiger partial charge in [-0.1, -0.05) is 12.8 Å². The highest BCUT2D eigenvalue weighted by molar-refractivity contribution is 7.89. The number of nitrogens with one attached hydrogen (secondary N) is 2. The second-order valence-corrected chi connectivity index (χ2v) is 8.20. The van der Waals surface area contributed by atoms with Gasteiger partial charge in [-0.05, 0) is 49.4 Å². The van der Waals surface area contributed by atoms with Crippen molar-refractivity contribution in [3.63, 3.8) is 0 Å². The molecular weight excluding hydrogens is 350 g/mol. The van der Waals surface area contributed by atoms with E-state index in [9.17, 15) is 13.2 Å². The Bertz CT molecular complexity index is 715. The van der Waals surface area contributed by atoms with Crippen molar-refractivity contribution >= 4 is 34.0 Å². The van der Waals surface area contributed by atoms with Gasteiger partial charge >= 0.3 is 0 Å². The van der Waals surface area contributed by atoms with E-state index in [1.807, 2.05) is 0 Å². The first-order valence-corrected chi connectivity index (χ1v) is 9.59. The number of hydrogen-bond donors (Lipinski definition) is 3. The van der Waals surface area contributed by atoms with Crippen LogP contribution < -0.4 is 15.8 Å². The number of benzene rings is 1. The average Bonchev–Trinajstić information content (AvgIpc) is 2.88. The summed E-state index contributed by atoms with van der Waals surface area (Å²) < 4.78 is 28.3. The molecule has 8 heteroatoms. The largest absolute Gasteiger partial charge is 0.329 e. The van der Waals surface area contributed by atoms with Crippen LogP contribution in [0.4, 0.5) is 5.69 Å². The lowest BCUT2D eigenvalue weighted by atomic mass is 10.0. The number of carbonyl (C=O) groups is 1. The molecule has 0 aromatic heterocycles. The third kappa shape index (κ3) is 3.91. The summed E-state index contributed by atoms with van der Waals surface area (Å²) in [6.45, 7) is 0.313. The molecule has 0 unspecified atom stereocenters. The number of nitrogens with two attached hydrogens (primary N) is 1. The summed E-state index contributed by atoms with van der Waals surface area (Å²) in [4.78, 5) is 11.8. The zero-order valence-electron chi connectivity index (χ0n) is 13.5. The zero-order chi connectivity index (χ0) is 16.5. The van der Waals surface area contributed by atoms with Gasteiger partial charge in [-0.3, -0.25) is 4.79 Å². The highest BCUT2D eigenvalue weighted by Gasteiger charge is 2.37. The Kier molecular flexibility index (Phi) is 5.91. The number of amides is 1. The molecule has 0 radical (unpaired) electrons. The molecule has 1 fully saturated rings. The SMILES string of the molecule is Cl.NCC1(NS(=O)(=O)c2ccc3c(c2)CCCC(=O)N3)CCCC1. The van der Waals surface area contributed by atoms with E-state index in [-0.39, 0.29) is 23.2 Å². The van der Waals surface area contributed by atoms with E-state index < -0.39 is 15.6 Å². The second kappa shape index (κ2) is 7.39. The van der Waals surface area contributed by atoms with Crippen molar-refractivity contribution in [1.82, 2.24) is 4.72 Å². The monoisotopic (exact) mass is 373 g/mol. The van der Waals surface area contributed by atoms with Gasteiger partial charge in [-0.25, -0.2) is 13.1 Å². The van der Waals surface area contributed by atoms with Crippen molar-refractivity contribution < 1.29 is 13.2 Å². The molecule has 6 nitrogen and oxygen atoms in total. The molecular formula is C16H24ClN3O3S. The van der Waals surface area contributed by atoms with E-state index >= 15 is 0 Å². The summed E-state index contributed by atoms with van der Waals surface area (Å²) in [5.74, 6) is -0.0227. The first-order chi connectivity index (χ1) is 10.9. The van der Waals surface area contributed by atoms with Crippen LogP contribution in [0.3, 0.4) is 0 Å². The van der Waals surface area contributed by atoms with Gasteiger partial charge < -0.3 is 11.1 Å². The first kappa shape index (κ1) is 19.2. The lowest BCUT2D eigenvalue weighted by Crippen LogP contribution is -2.51. The van der Waals surface area contributed by atoms with E-state index in [1.54, 1.807) is 18.2 Å². The molecule has 1 amide bonds. The maximum absolute atomic E-state index is 12.7. The summed E-state index contributed by atoms with van der Waals surface area (Å²) >= 11 is 0. The molecule has 2 aliphatic rings. The van der Waals surface area contributed by atoms with E-state index in [2.05, 4.69) is 10.0 Å². The normalized spacial score (nSPS) is 19.8. The summed E-state index contributed by atoms with van der Waals surface area (Å²) in [5, 5.41) is 2.82. The van der Waals surface area contributed by atoms with Crippen LogP contribution in [0, 0.1) is 0 Å². The molecule has 24 heavy (non-hydrogen) atoms. The smallest absolute Gasteiger partial charge is 0.241 e. The highest BCUT2D eigenvalue weighted by atomic mass is 35.5. The van der Waals surface area contributed by atoms with Crippen LogP contribution in [-0.2, 0) is 21.2 Å². The molecule has 0 saturated heterocycles. The van der Waals surface area contributed by atoms with Crippen LogP contribution in [-0.4, -0.2) is 26.4 Å². The Hall–Kier alpha value is -1.15. The van der Waals surface area contributed by atoms with E-state index in [1.165, 1.54) is 0 Å². The Labute approximate surface area is 149 Å². The third-order valence-electron chi connectivity index (χ3n) is 4.81. The Morgan fingerprint density at radius 1 is 1.17 bits per heavy atom. The minimum absolute atomic E-state index is 0. The minimum atomic E-state index is -3.62. The van der Waals surface area contributed by atoms with Gasteiger partial charge in [0, 0.05) is 24.2 Å². The number of sulfonamides is 1. The maximum Gasteiger partial charge on any atom is 0.241 e. The van der Waals surface area contributed by atoms with Crippen molar-refractivity contribution in [3.05, 3.63) is 23.8 Å². The fourth-order valence-corrected chi connectivity index (χ4v) is 4.98. The van der Waals surface area contributed by atoms with Crippen LogP contribution in [0.1, 0.15) is 44.1 Å². The number of rotatable bonds is 4. The van der Waals surface area contributed by atoms with Crippen LogP contribution in [0.5, 0.6) is 0 Å². The number of fused-ring (bicyclic) bond motifs is 1. The van der Waals surface area contributed by atoms with E-state index in [4.69, 9.17) is 5.73 Å². The van der Waals surface area contributed by atoms with Crippen LogP contribution in [0.15, 0.2) is 23.1 Å². The lowest BCUT2D eigenvalue weighted by molar-refractivity contribution is -0.116. The van der Waals surface area contributed by atoms with Crippen molar-refractivity contribution in [2.45, 2.75) is 55.4 Å². The molecule has 1 aromatic carbocycles. The summed E-state index contributed by atoms with van der Waals surface area (Å²) in [6.07, 6.45) is 5.44. The molecule has 4 N–H and O–H groups in total. The molecule has 1 aliphatic carbocycles. The average molecular weight is 374 g/mol. The topological polar surface area (TPSA) is 101 Å². The van der Waals surface area contributed by atoms with Crippen molar-refractivity contribution in [2.75, 3.05) is 11.9 Å². The first-order valence-electron chi connectivity index (χ1n) is 8.11. The predicted molar refractivity (Wildman–Crippen MR) is 95.8 cm³/mol. The van der Waals surface area contributed by atoms with Crippen molar-refractivity contribution in [1.29, 1.82) is 0 Å². The van der Waals surface area contributed by atoms with E-state index in [0.717, 1.165) is 37.7 Å². The molecule has 0 spiro atoms. The quantitative estimate of drug-likeness (QED) is 0.750. The Balaban J connectivity index is 0.00000208. The van der Waals surface area contributed by atoms with Crippen molar-refractivity contribution in [3.8, 4) is 0 Å². The standard InChI is InChI=1S/C16H23N3O3S.ClH/c17-11-16(8-1-2-9-16)19-23(21,22)13-6-7-14-12(10-13)4-3-5-15(20)18-14;/h6-7,10,19H,1-5,8-9,11,17H2,(H,18,20);1H. The van der Waals surface area contributed by atoms with Crippen LogP contribution in [0.25, 0.3) is 0 Å². The highest BCUT2D eigenvalue weighted by Crippen LogP contribution is 2.31. The summed E-state index contributed by atoms with van der Waals surface area (Å²) in [5.41, 5.74) is 6.89. The number of carbonyl (C=O) groups excluding carboxylic acids is 1. The van der Waals surface area contributed by atoms with Crippen molar-refractivity contribution in [2.24, 2.45) is 5.73 Å². The number of aryl methyl sites for hydroxylation is 1. The number of hydrogen-bond acceptors (Lipinski definition) is 4. The third-order valence-corrected chi connectivity index (χ3v) is 6.39. The van der Waals surface area contributed by atoms with Crippen LogP contribution in [0.2, 0.25) is 0 Å². The zero-order valence-corrected chi connectivity index (χ0v) is 15.1. The lowest BCUT2D eigenvalue weighted by Gasteiger charge is -2.28. The minimum Gasteiger partial charge on any atom is -0.329 e. The fourth-order valence-electron chi connectivity index (χ4n) is 3.46. The van der Waals surface area contributed by atoms with Gasteiger partial charge in [-0.2, -0.15) is 0 Å². The van der Waals surface area contributed by atoms with Gasteiger partial charge in [-0.15, -0.1) is 12.4 Å². The van der Waals surface area contributed by atoms with Crippen LogP contribution >= 0.6 is 12.4 Å². The molecule has 3 rings (SSSR count). The number of halogens is 1. The molecule has 1 heterocycles. The molecule has 1 aliphatic heterocycles. The van der Waals surface area contributed by atoms with Gasteiger partial charge in [0.25, 0.3) is 0 Å². The van der Waals surface area contributed by atoms with E-state index in [0.29, 0.717) is 25.1 Å². The van der Waals surface area contributed by atoms with Gasteiger partial charge in [0.05, 0.1) is 4.90 Å². The Morgan fingerprint density at radius 3 is 2.54 bits per heavy atom. The molecule has 0 atom stereocenters. The summed E-state index contributed by atoms with van der Waals surface area (Å²) in [6, 6.07) is 4.89. The molecule has 1 saturated carbocycles. The summed E-state index contributed by atoms with van der Waals surface area (Å²) in [7, 11) is -3.62. The Morgan fingerprint density at radius 2 is 1.88 bits per heavy atom. The molecule has 1 aromatic rings. The van der Waals surface area contributed by atoms with Gasteiger partial charge in [0.2, 0.25) is 15.9 Å². The molecule has 0 bridgehead atoms. The molecule has 134 valence electrons. The number of anilines is 1. The second-order valence-electron chi connectivity index (χ2n) is 6.52. The predicted octanol–water partition coefficient (Wildman–Crippen LogP) is 1.93. The maximum atomic E-state index is 12.7. The van der Waals surface area contributed by atoms with Gasteiger partial charge in [0.1, 0.15) is 0 Å². The fraction of sp³-hybridized carbons (Fsp3) is 0.562. The van der Waals surface area contributed by atoms with Gasteiger partial charge in [0.15, 0.2) is 0 Å².